The van der Waals surface area contributed by atoms with E-state index in [4.69, 9.17) is 14.2 Å². The molecule has 0 fully saturated rings. The maximum atomic E-state index is 12.9. The second-order valence-electron chi connectivity index (χ2n) is 7.86. The molecule has 3 aromatic rings. The van der Waals surface area contributed by atoms with Crippen molar-refractivity contribution in [3.63, 3.8) is 0 Å². The minimum absolute atomic E-state index is 0.0503. The summed E-state index contributed by atoms with van der Waals surface area (Å²) in [5.41, 5.74) is 2.22. The van der Waals surface area contributed by atoms with Crippen LogP contribution in [0, 0.1) is 0 Å². The van der Waals surface area contributed by atoms with Crippen LogP contribution in [0.1, 0.15) is 45.3 Å². The summed E-state index contributed by atoms with van der Waals surface area (Å²) in [5.74, 6) is 1.30. The van der Waals surface area contributed by atoms with Gasteiger partial charge >= 0.3 is 0 Å². The number of hydrogen-bond donors (Lipinski definition) is 2. The molecule has 1 atom stereocenters. The summed E-state index contributed by atoms with van der Waals surface area (Å²) in [6, 6.07) is 12.7. The van der Waals surface area contributed by atoms with Crippen molar-refractivity contribution in [2.45, 2.75) is 31.7 Å². The van der Waals surface area contributed by atoms with Crippen LogP contribution >= 0.6 is 11.3 Å². The third-order valence-corrected chi connectivity index (χ3v) is 6.80. The first-order valence-electron chi connectivity index (χ1n) is 10.7. The largest absolute Gasteiger partial charge is 0.497 e. The molecular weight excluding hydrogens is 442 g/mol. The average molecular weight is 466 g/mol. The summed E-state index contributed by atoms with van der Waals surface area (Å²) >= 11 is 1.43. The van der Waals surface area contributed by atoms with Gasteiger partial charge in [-0.05, 0) is 55.2 Å². The number of anilines is 1. The van der Waals surface area contributed by atoms with Crippen molar-refractivity contribution in [2.24, 2.45) is 0 Å². The number of amides is 2. The lowest BCUT2D eigenvalue weighted by Gasteiger charge is -2.20. The first-order valence-corrected chi connectivity index (χ1v) is 11.5. The Labute approximate surface area is 194 Å². The van der Waals surface area contributed by atoms with Gasteiger partial charge in [-0.15, -0.1) is 11.3 Å². The molecule has 1 unspecified atom stereocenters. The Morgan fingerprint density at radius 1 is 1.15 bits per heavy atom. The smallest absolute Gasteiger partial charge is 0.257 e. The summed E-state index contributed by atoms with van der Waals surface area (Å²) in [6.45, 7) is 0.591. The van der Waals surface area contributed by atoms with Gasteiger partial charge < -0.3 is 19.5 Å². The standard InChI is InChI=1S/C24H23N3O5S/c1-30-16-8-5-14(6-9-16)12-25-23(29)17-3-2-4-20-21(17)26-24(33-20)27-22(28)15-7-10-18-19(11-15)32-13-31-18/h5-11,17H,2-4,12-13H2,1H3,(H,25,29)(H,26,27,28). The Hall–Kier alpha value is -3.59. The minimum atomic E-state index is -0.320. The molecule has 2 N–H and O–H groups in total. The maximum Gasteiger partial charge on any atom is 0.257 e. The van der Waals surface area contributed by atoms with Gasteiger partial charge in [-0.2, -0.15) is 0 Å². The van der Waals surface area contributed by atoms with Gasteiger partial charge in [0.1, 0.15) is 5.75 Å². The zero-order valence-electron chi connectivity index (χ0n) is 18.1. The van der Waals surface area contributed by atoms with E-state index in [1.54, 1.807) is 25.3 Å². The highest BCUT2D eigenvalue weighted by Gasteiger charge is 2.30. The monoisotopic (exact) mass is 465 g/mol. The number of methoxy groups -OCH3 is 1. The van der Waals surface area contributed by atoms with E-state index < -0.39 is 0 Å². The Kier molecular flexibility index (Phi) is 5.87. The molecule has 170 valence electrons. The van der Waals surface area contributed by atoms with Crippen molar-refractivity contribution in [3.05, 3.63) is 64.2 Å². The van der Waals surface area contributed by atoms with E-state index in [0.717, 1.165) is 41.1 Å². The Morgan fingerprint density at radius 3 is 2.79 bits per heavy atom. The summed E-state index contributed by atoms with van der Waals surface area (Å²) in [7, 11) is 1.62. The molecule has 5 rings (SSSR count). The number of rotatable bonds is 6. The molecule has 33 heavy (non-hydrogen) atoms. The number of ether oxygens (including phenoxy) is 3. The number of carbonyl (C=O) groups excluding carboxylic acids is 2. The molecular formula is C24H23N3O5S. The SMILES string of the molecule is COc1ccc(CNC(=O)C2CCCc3sc(NC(=O)c4ccc5c(c4)OCO5)nc32)cc1. The molecule has 0 radical (unpaired) electrons. The summed E-state index contributed by atoms with van der Waals surface area (Å²) < 4.78 is 15.8. The number of nitrogens with one attached hydrogen (secondary N) is 2. The Balaban J connectivity index is 1.25. The van der Waals surface area contributed by atoms with E-state index in [9.17, 15) is 9.59 Å². The molecule has 2 aromatic carbocycles. The number of benzene rings is 2. The van der Waals surface area contributed by atoms with Crippen LogP contribution in [0.25, 0.3) is 0 Å². The number of thiazole rings is 1. The minimum Gasteiger partial charge on any atom is -0.497 e. The van der Waals surface area contributed by atoms with Gasteiger partial charge in [-0.3, -0.25) is 14.9 Å². The van der Waals surface area contributed by atoms with Crippen molar-refractivity contribution in [2.75, 3.05) is 19.2 Å². The molecule has 0 spiro atoms. The number of hydrogen-bond acceptors (Lipinski definition) is 7. The van der Waals surface area contributed by atoms with E-state index in [-0.39, 0.29) is 24.5 Å². The predicted molar refractivity (Wildman–Crippen MR) is 123 cm³/mol. The van der Waals surface area contributed by atoms with Crippen LogP contribution in [0.3, 0.4) is 0 Å². The van der Waals surface area contributed by atoms with E-state index in [1.165, 1.54) is 11.3 Å². The molecule has 2 aliphatic rings. The zero-order chi connectivity index (χ0) is 22.8. The lowest BCUT2D eigenvalue weighted by molar-refractivity contribution is -0.123. The summed E-state index contributed by atoms with van der Waals surface area (Å²) in [6.07, 6.45) is 2.50. The number of fused-ring (bicyclic) bond motifs is 2. The van der Waals surface area contributed by atoms with Crippen LogP contribution in [-0.4, -0.2) is 30.7 Å². The first kappa shape index (κ1) is 21.3. The molecule has 2 heterocycles. The van der Waals surface area contributed by atoms with Gasteiger partial charge in [0.15, 0.2) is 16.6 Å². The first-order chi connectivity index (χ1) is 16.1. The highest BCUT2D eigenvalue weighted by Crippen LogP contribution is 2.37. The second kappa shape index (κ2) is 9.11. The highest BCUT2D eigenvalue weighted by molar-refractivity contribution is 7.16. The van der Waals surface area contributed by atoms with E-state index in [0.29, 0.717) is 28.7 Å². The predicted octanol–water partition coefficient (Wildman–Crippen LogP) is 3.87. The van der Waals surface area contributed by atoms with Gasteiger partial charge in [-0.25, -0.2) is 4.98 Å². The van der Waals surface area contributed by atoms with Crippen molar-refractivity contribution in [3.8, 4) is 17.2 Å². The normalized spacial score (nSPS) is 16.1. The fraction of sp³-hybridized carbons (Fsp3) is 0.292. The maximum absolute atomic E-state index is 12.9. The number of aromatic nitrogens is 1. The molecule has 1 aliphatic carbocycles. The van der Waals surface area contributed by atoms with Crippen LogP contribution in [0.5, 0.6) is 17.2 Å². The van der Waals surface area contributed by atoms with Crippen LogP contribution in [0.15, 0.2) is 42.5 Å². The molecule has 1 aromatic heterocycles. The van der Waals surface area contributed by atoms with Gasteiger partial charge in [0.2, 0.25) is 12.7 Å². The van der Waals surface area contributed by atoms with Crippen LogP contribution in [0.2, 0.25) is 0 Å². The molecule has 0 bridgehead atoms. The molecule has 8 nitrogen and oxygen atoms in total. The fourth-order valence-electron chi connectivity index (χ4n) is 3.99. The van der Waals surface area contributed by atoms with Gasteiger partial charge in [0.25, 0.3) is 5.91 Å². The molecule has 9 heteroatoms. The fourth-order valence-corrected chi connectivity index (χ4v) is 5.05. The van der Waals surface area contributed by atoms with Crippen molar-refractivity contribution in [1.82, 2.24) is 10.3 Å². The molecule has 0 saturated heterocycles. The summed E-state index contributed by atoms with van der Waals surface area (Å²) in [5, 5.41) is 6.38. The highest BCUT2D eigenvalue weighted by atomic mass is 32.1. The molecule has 2 amide bonds. The third kappa shape index (κ3) is 4.49. The van der Waals surface area contributed by atoms with Gasteiger partial charge in [0.05, 0.1) is 18.7 Å². The lowest BCUT2D eigenvalue weighted by atomic mass is 9.90. The Bertz CT molecular complexity index is 1190. The van der Waals surface area contributed by atoms with Crippen molar-refractivity contribution >= 4 is 28.3 Å². The Morgan fingerprint density at radius 2 is 1.97 bits per heavy atom. The van der Waals surface area contributed by atoms with E-state index >= 15 is 0 Å². The van der Waals surface area contributed by atoms with Crippen LogP contribution in [-0.2, 0) is 17.8 Å². The summed E-state index contributed by atoms with van der Waals surface area (Å²) in [4.78, 5) is 31.3. The molecule has 1 aliphatic heterocycles. The number of nitrogens with zero attached hydrogens (tertiary/aromatic N) is 1. The second-order valence-corrected chi connectivity index (χ2v) is 8.94. The lowest BCUT2D eigenvalue weighted by Crippen LogP contribution is -2.31. The van der Waals surface area contributed by atoms with Crippen LogP contribution in [0.4, 0.5) is 5.13 Å². The van der Waals surface area contributed by atoms with Crippen molar-refractivity contribution in [1.29, 1.82) is 0 Å². The van der Waals surface area contributed by atoms with Gasteiger partial charge in [-0.1, -0.05) is 12.1 Å². The van der Waals surface area contributed by atoms with Gasteiger partial charge in [0, 0.05) is 17.0 Å². The number of aryl methyl sites for hydroxylation is 1. The van der Waals surface area contributed by atoms with Crippen molar-refractivity contribution < 1.29 is 23.8 Å². The zero-order valence-corrected chi connectivity index (χ0v) is 18.9. The van der Waals surface area contributed by atoms with Crippen LogP contribution < -0.4 is 24.8 Å². The average Bonchev–Trinajstić information content (AvgIpc) is 3.48. The number of carbonyl (C=O) groups is 2. The van der Waals surface area contributed by atoms with E-state index in [2.05, 4.69) is 15.6 Å². The molecule has 0 saturated carbocycles. The quantitative estimate of drug-likeness (QED) is 0.574. The van der Waals surface area contributed by atoms with E-state index in [1.807, 2.05) is 24.3 Å². The topological polar surface area (TPSA) is 98.8 Å². The third-order valence-electron chi connectivity index (χ3n) is 5.75.